The molecule has 0 spiro atoms. The van der Waals surface area contributed by atoms with Gasteiger partial charge in [-0.3, -0.25) is 9.88 Å². The number of nitrogens with zero attached hydrogens (tertiary/aromatic N) is 2. The molecular formula is C31H33N5O5. The second-order valence-corrected chi connectivity index (χ2v) is 10.1. The molecule has 0 aliphatic heterocycles. The largest absolute Gasteiger partial charge is 0.497 e. The molecule has 0 radical (unpaired) electrons. The molecule has 0 aliphatic rings. The molecule has 212 valence electrons. The quantitative estimate of drug-likeness (QED) is 0.197. The van der Waals surface area contributed by atoms with Crippen LogP contribution in [0, 0.1) is 5.41 Å². The summed E-state index contributed by atoms with van der Waals surface area (Å²) in [6.07, 6.45) is 0.777. The van der Waals surface area contributed by atoms with E-state index < -0.39 is 17.4 Å². The number of carbonyl (C=O) groups is 1. The van der Waals surface area contributed by atoms with Crippen LogP contribution in [0.2, 0.25) is 0 Å². The minimum atomic E-state index is -0.695. The average Bonchev–Trinajstić information content (AvgIpc) is 3.20. The first kappa shape index (κ1) is 28.8. The number of methoxy groups -OCH3 is 1. The molecule has 0 bridgehead atoms. The van der Waals surface area contributed by atoms with E-state index in [0.717, 1.165) is 0 Å². The molecule has 0 aliphatic carbocycles. The predicted molar refractivity (Wildman–Crippen MR) is 161 cm³/mol. The Morgan fingerprint density at radius 3 is 2.17 bits per heavy atom. The normalized spacial score (nSPS) is 11.0. The van der Waals surface area contributed by atoms with E-state index in [1.807, 2.05) is 30.3 Å². The molecule has 41 heavy (non-hydrogen) atoms. The maximum atomic E-state index is 14.1. The van der Waals surface area contributed by atoms with Gasteiger partial charge in [0.15, 0.2) is 0 Å². The van der Waals surface area contributed by atoms with E-state index in [9.17, 15) is 9.59 Å². The third-order valence-electron chi connectivity index (χ3n) is 5.75. The highest BCUT2D eigenvalue weighted by Crippen LogP contribution is 2.30. The van der Waals surface area contributed by atoms with Crippen LogP contribution in [0.5, 0.6) is 17.2 Å². The van der Waals surface area contributed by atoms with Crippen LogP contribution in [-0.2, 0) is 4.74 Å². The number of para-hydroxylation sites is 1. The van der Waals surface area contributed by atoms with E-state index in [0.29, 0.717) is 45.8 Å². The number of aromatic nitrogens is 2. The van der Waals surface area contributed by atoms with Crippen molar-refractivity contribution in [1.82, 2.24) is 9.13 Å². The lowest BCUT2D eigenvalue weighted by Crippen LogP contribution is -2.27. The zero-order valence-corrected chi connectivity index (χ0v) is 23.6. The summed E-state index contributed by atoms with van der Waals surface area (Å²) in [5, 5.41) is 14.2. The number of imidazole rings is 1. The molecule has 3 N–H and O–H groups in total. The molecule has 0 fully saturated rings. The predicted octanol–water partition coefficient (Wildman–Crippen LogP) is 6.72. The van der Waals surface area contributed by atoms with Crippen molar-refractivity contribution in [3.05, 3.63) is 102 Å². The van der Waals surface area contributed by atoms with E-state index >= 15 is 0 Å². The van der Waals surface area contributed by atoms with Crippen molar-refractivity contribution in [1.29, 1.82) is 5.41 Å². The molecule has 0 atom stereocenters. The van der Waals surface area contributed by atoms with Crippen molar-refractivity contribution in [2.75, 3.05) is 17.7 Å². The lowest BCUT2D eigenvalue weighted by molar-refractivity contribution is 0.0636. The lowest BCUT2D eigenvalue weighted by atomic mass is 10.2. The van der Waals surface area contributed by atoms with Gasteiger partial charge in [-0.05, 0) is 76.4 Å². The average molecular weight is 556 g/mol. The van der Waals surface area contributed by atoms with Gasteiger partial charge in [-0.25, -0.2) is 14.2 Å². The maximum absolute atomic E-state index is 14.1. The number of hydrogen-bond donors (Lipinski definition) is 3. The van der Waals surface area contributed by atoms with E-state index in [-0.39, 0.29) is 5.71 Å². The Hall–Kier alpha value is -5.25. The summed E-state index contributed by atoms with van der Waals surface area (Å²) in [5.41, 5.74) is 0.588. The number of ether oxygens (including phenoxy) is 3. The summed E-state index contributed by atoms with van der Waals surface area (Å²) >= 11 is 0. The molecule has 1 heterocycles. The molecular weight excluding hydrogens is 522 g/mol. The Labute approximate surface area is 238 Å². The van der Waals surface area contributed by atoms with Crippen LogP contribution in [0.25, 0.3) is 11.4 Å². The van der Waals surface area contributed by atoms with Gasteiger partial charge >= 0.3 is 11.8 Å². The molecule has 0 saturated heterocycles. The Kier molecular flexibility index (Phi) is 8.32. The van der Waals surface area contributed by atoms with Crippen LogP contribution in [-0.4, -0.2) is 33.6 Å². The van der Waals surface area contributed by atoms with Crippen LogP contribution >= 0.6 is 0 Å². The van der Waals surface area contributed by atoms with Gasteiger partial charge in [-0.2, -0.15) is 0 Å². The Balaban J connectivity index is 1.83. The third kappa shape index (κ3) is 6.67. The fourth-order valence-corrected chi connectivity index (χ4v) is 4.17. The zero-order valence-electron chi connectivity index (χ0n) is 23.6. The van der Waals surface area contributed by atoms with Gasteiger partial charge < -0.3 is 24.9 Å². The minimum Gasteiger partial charge on any atom is -0.497 e. The molecule has 1 amide bonds. The second-order valence-electron chi connectivity index (χ2n) is 10.1. The fourth-order valence-electron chi connectivity index (χ4n) is 4.17. The fraction of sp³-hybridized carbons (Fsp3) is 0.194. The molecule has 1 aromatic heterocycles. The van der Waals surface area contributed by atoms with Crippen LogP contribution in [0.3, 0.4) is 0 Å². The standard InChI is InChI=1S/C31H33N5O5/c1-7-33-28-27(20(2)32)35(22-13-15-25(16-14-22)40-24-11-9-8-10-12-24)30(38)36(28)23-17-21(18-26(19-23)39-6)34-29(37)41-31(3,4)5/h7-19,32-33H,1H2,2-6H3,(H,34,37). The lowest BCUT2D eigenvalue weighted by Gasteiger charge is -2.20. The van der Waals surface area contributed by atoms with Crippen molar-refractivity contribution in [2.45, 2.75) is 33.3 Å². The van der Waals surface area contributed by atoms with Crippen LogP contribution in [0.15, 0.2) is 90.4 Å². The third-order valence-corrected chi connectivity index (χ3v) is 5.75. The highest BCUT2D eigenvalue weighted by Gasteiger charge is 2.24. The molecule has 4 rings (SSSR count). The van der Waals surface area contributed by atoms with Crippen molar-refractivity contribution >= 4 is 23.3 Å². The highest BCUT2D eigenvalue weighted by atomic mass is 16.6. The first-order valence-electron chi connectivity index (χ1n) is 12.8. The van der Waals surface area contributed by atoms with E-state index in [1.54, 1.807) is 70.2 Å². The smallest absolute Gasteiger partial charge is 0.412 e. The highest BCUT2D eigenvalue weighted by molar-refractivity contribution is 6.00. The number of hydrogen-bond acceptors (Lipinski definition) is 7. The number of amides is 1. The molecule has 10 nitrogen and oxygen atoms in total. The number of nitrogens with one attached hydrogen (secondary N) is 3. The van der Waals surface area contributed by atoms with Gasteiger partial charge in [0, 0.05) is 17.8 Å². The van der Waals surface area contributed by atoms with Gasteiger partial charge in [0.05, 0.1) is 24.2 Å². The first-order chi connectivity index (χ1) is 19.5. The number of carbonyl (C=O) groups excluding carboxylic acids is 1. The van der Waals surface area contributed by atoms with Crippen molar-refractivity contribution in [3.63, 3.8) is 0 Å². The van der Waals surface area contributed by atoms with Gasteiger partial charge in [-0.1, -0.05) is 24.8 Å². The SMILES string of the molecule is C=CNc1c(C(C)=N)n(-c2ccc(Oc3ccccc3)cc2)c(=O)n1-c1cc(NC(=O)OC(C)(C)C)cc(OC)c1. The topological polar surface area (TPSA) is 120 Å². The van der Waals surface area contributed by atoms with Crippen LogP contribution in [0.1, 0.15) is 33.4 Å². The molecule has 3 aromatic carbocycles. The molecule has 0 saturated carbocycles. The second kappa shape index (κ2) is 11.9. The van der Waals surface area contributed by atoms with E-state index in [4.69, 9.17) is 19.6 Å². The van der Waals surface area contributed by atoms with Crippen molar-refractivity contribution in [3.8, 4) is 28.6 Å². The molecule has 0 unspecified atom stereocenters. The van der Waals surface area contributed by atoms with Crippen LogP contribution < -0.4 is 25.8 Å². The Morgan fingerprint density at radius 2 is 1.59 bits per heavy atom. The summed E-state index contributed by atoms with van der Waals surface area (Å²) in [7, 11) is 1.49. The summed E-state index contributed by atoms with van der Waals surface area (Å²) in [4.78, 5) is 26.5. The van der Waals surface area contributed by atoms with E-state index in [1.165, 1.54) is 22.4 Å². The van der Waals surface area contributed by atoms with Gasteiger partial charge in [0.1, 0.15) is 34.4 Å². The van der Waals surface area contributed by atoms with Crippen molar-refractivity contribution in [2.24, 2.45) is 0 Å². The van der Waals surface area contributed by atoms with Crippen molar-refractivity contribution < 1.29 is 19.0 Å². The zero-order chi connectivity index (χ0) is 29.7. The van der Waals surface area contributed by atoms with Gasteiger partial charge in [0.25, 0.3) is 0 Å². The van der Waals surface area contributed by atoms with Gasteiger partial charge in [0.2, 0.25) is 0 Å². The summed E-state index contributed by atoms with van der Waals surface area (Å²) < 4.78 is 19.6. The summed E-state index contributed by atoms with van der Waals surface area (Å²) in [5.74, 6) is 1.99. The van der Waals surface area contributed by atoms with Crippen LogP contribution in [0.4, 0.5) is 16.3 Å². The Bertz CT molecular complexity index is 1630. The molecule has 10 heteroatoms. The monoisotopic (exact) mass is 555 g/mol. The number of benzene rings is 3. The minimum absolute atomic E-state index is 0.143. The maximum Gasteiger partial charge on any atom is 0.412 e. The summed E-state index contributed by atoms with van der Waals surface area (Å²) in [6.45, 7) is 10.6. The van der Waals surface area contributed by atoms with E-state index in [2.05, 4.69) is 17.2 Å². The first-order valence-corrected chi connectivity index (χ1v) is 12.8. The summed E-state index contributed by atoms with van der Waals surface area (Å²) in [6, 6.07) is 21.3. The Morgan fingerprint density at radius 1 is 0.927 bits per heavy atom. The molecule has 4 aromatic rings. The van der Waals surface area contributed by atoms with Gasteiger partial charge in [-0.15, -0.1) is 0 Å². The number of rotatable bonds is 9. The number of anilines is 2.